The van der Waals surface area contributed by atoms with Crippen molar-refractivity contribution < 1.29 is 9.90 Å². The Morgan fingerprint density at radius 3 is 2.70 bits per heavy atom. The molecule has 20 heavy (non-hydrogen) atoms. The first kappa shape index (κ1) is 17.2. The van der Waals surface area contributed by atoms with Crippen molar-refractivity contribution in [3.05, 3.63) is 33.8 Å². The van der Waals surface area contributed by atoms with Crippen molar-refractivity contribution in [2.75, 3.05) is 13.1 Å². The van der Waals surface area contributed by atoms with Gasteiger partial charge < -0.3 is 15.7 Å². The summed E-state index contributed by atoms with van der Waals surface area (Å²) >= 11 is 11.9. The quantitative estimate of drug-likeness (QED) is 0.677. The lowest BCUT2D eigenvalue weighted by Crippen LogP contribution is -2.33. The summed E-state index contributed by atoms with van der Waals surface area (Å²) in [5.74, 6) is -0.0113. The fourth-order valence-corrected chi connectivity index (χ4v) is 2.14. The van der Waals surface area contributed by atoms with Gasteiger partial charge in [-0.3, -0.25) is 4.79 Å². The topological polar surface area (TPSA) is 61.4 Å². The third-order valence-corrected chi connectivity index (χ3v) is 3.21. The molecule has 6 heteroatoms. The number of carbonyl (C=O) groups excluding carboxylic acids is 1. The number of aliphatic hydroxyl groups is 1. The third-order valence-electron chi connectivity index (χ3n) is 2.63. The molecule has 0 aliphatic rings. The van der Waals surface area contributed by atoms with Crippen LogP contribution in [0.4, 0.5) is 0 Å². The monoisotopic (exact) mass is 318 g/mol. The second kappa shape index (κ2) is 8.47. The van der Waals surface area contributed by atoms with Crippen molar-refractivity contribution in [2.45, 2.75) is 32.4 Å². The summed E-state index contributed by atoms with van der Waals surface area (Å²) < 4.78 is 0. The van der Waals surface area contributed by atoms with Crippen LogP contribution in [-0.2, 0) is 4.79 Å². The molecule has 0 bridgehead atoms. The van der Waals surface area contributed by atoms with Crippen molar-refractivity contribution in [3.63, 3.8) is 0 Å². The zero-order valence-corrected chi connectivity index (χ0v) is 13.1. The van der Waals surface area contributed by atoms with E-state index in [0.29, 0.717) is 35.1 Å². The van der Waals surface area contributed by atoms with E-state index < -0.39 is 6.10 Å². The average molecular weight is 319 g/mol. The lowest BCUT2D eigenvalue weighted by Gasteiger charge is -2.14. The Bertz CT molecular complexity index is 453. The Balaban J connectivity index is 2.35. The minimum Gasteiger partial charge on any atom is -0.387 e. The summed E-state index contributed by atoms with van der Waals surface area (Å²) in [6.07, 6.45) is -0.386. The lowest BCUT2D eigenvalue weighted by molar-refractivity contribution is -0.121. The summed E-state index contributed by atoms with van der Waals surface area (Å²) in [6.45, 7) is 4.63. The number of carbonyl (C=O) groups is 1. The molecule has 0 aromatic heterocycles. The van der Waals surface area contributed by atoms with Gasteiger partial charge >= 0.3 is 0 Å². The molecule has 1 aromatic rings. The summed E-state index contributed by atoms with van der Waals surface area (Å²) in [5.41, 5.74) is 0.582. The first-order chi connectivity index (χ1) is 9.40. The first-order valence-corrected chi connectivity index (χ1v) is 7.29. The fraction of sp³-hybridized carbons (Fsp3) is 0.500. The van der Waals surface area contributed by atoms with Crippen molar-refractivity contribution in [2.24, 2.45) is 0 Å². The van der Waals surface area contributed by atoms with Gasteiger partial charge in [0.25, 0.3) is 0 Å². The summed E-state index contributed by atoms with van der Waals surface area (Å²) in [5, 5.41) is 16.9. The summed E-state index contributed by atoms with van der Waals surface area (Å²) in [6, 6.07) is 5.10. The largest absolute Gasteiger partial charge is 0.387 e. The number of benzene rings is 1. The maximum absolute atomic E-state index is 11.4. The smallest absolute Gasteiger partial charge is 0.221 e. The fourth-order valence-electron chi connectivity index (χ4n) is 1.71. The Kier molecular flexibility index (Phi) is 7.30. The Morgan fingerprint density at radius 1 is 1.35 bits per heavy atom. The van der Waals surface area contributed by atoms with E-state index >= 15 is 0 Å². The van der Waals surface area contributed by atoms with Gasteiger partial charge in [-0.05, 0) is 32.0 Å². The first-order valence-electron chi connectivity index (χ1n) is 6.53. The van der Waals surface area contributed by atoms with E-state index in [4.69, 9.17) is 23.2 Å². The van der Waals surface area contributed by atoms with E-state index in [9.17, 15) is 9.90 Å². The molecule has 3 N–H and O–H groups in total. The van der Waals surface area contributed by atoms with Gasteiger partial charge in [-0.15, -0.1) is 0 Å². The van der Waals surface area contributed by atoms with E-state index in [-0.39, 0.29) is 11.9 Å². The molecular weight excluding hydrogens is 299 g/mol. The molecule has 0 aliphatic heterocycles. The highest BCUT2D eigenvalue weighted by Crippen LogP contribution is 2.25. The normalized spacial score (nSPS) is 12.5. The van der Waals surface area contributed by atoms with Crippen molar-refractivity contribution in [1.29, 1.82) is 0 Å². The lowest BCUT2D eigenvalue weighted by atomic mass is 10.1. The third kappa shape index (κ3) is 6.09. The zero-order chi connectivity index (χ0) is 15.1. The van der Waals surface area contributed by atoms with Crippen LogP contribution in [-0.4, -0.2) is 30.1 Å². The Labute approximate surface area is 129 Å². The summed E-state index contributed by atoms with van der Waals surface area (Å²) in [7, 11) is 0. The van der Waals surface area contributed by atoms with Gasteiger partial charge in [0.2, 0.25) is 5.91 Å². The number of nitrogens with one attached hydrogen (secondary N) is 2. The molecule has 1 amide bonds. The zero-order valence-electron chi connectivity index (χ0n) is 11.6. The number of hydrogen-bond donors (Lipinski definition) is 3. The van der Waals surface area contributed by atoms with Crippen LogP contribution in [0.2, 0.25) is 10.0 Å². The Hall–Kier alpha value is -0.810. The SMILES string of the molecule is CC(C)NC(=O)CCNCC(O)c1cc(Cl)ccc1Cl. The Morgan fingerprint density at radius 2 is 2.05 bits per heavy atom. The van der Waals surface area contributed by atoms with Crippen LogP contribution in [0.5, 0.6) is 0 Å². The molecule has 1 aromatic carbocycles. The van der Waals surface area contributed by atoms with E-state index in [1.54, 1.807) is 18.2 Å². The number of hydrogen-bond acceptors (Lipinski definition) is 3. The molecule has 0 fully saturated rings. The highest BCUT2D eigenvalue weighted by Gasteiger charge is 2.12. The molecule has 1 unspecified atom stereocenters. The molecule has 112 valence electrons. The van der Waals surface area contributed by atoms with Gasteiger partial charge in [-0.2, -0.15) is 0 Å². The van der Waals surface area contributed by atoms with Crippen LogP contribution in [0.1, 0.15) is 31.9 Å². The van der Waals surface area contributed by atoms with Gasteiger partial charge in [-0.1, -0.05) is 23.2 Å². The molecule has 1 atom stereocenters. The second-order valence-corrected chi connectivity index (χ2v) is 5.70. The molecule has 0 radical (unpaired) electrons. The van der Waals surface area contributed by atoms with Crippen LogP contribution in [0.15, 0.2) is 18.2 Å². The predicted molar refractivity (Wildman–Crippen MR) is 82.2 cm³/mol. The van der Waals surface area contributed by atoms with Crippen LogP contribution in [0, 0.1) is 0 Å². The van der Waals surface area contributed by atoms with Crippen LogP contribution >= 0.6 is 23.2 Å². The molecule has 0 heterocycles. The van der Waals surface area contributed by atoms with Crippen molar-refractivity contribution in [1.82, 2.24) is 10.6 Å². The van der Waals surface area contributed by atoms with Crippen molar-refractivity contribution in [3.8, 4) is 0 Å². The molecule has 4 nitrogen and oxygen atoms in total. The molecule has 0 saturated heterocycles. The van der Waals surface area contributed by atoms with Crippen LogP contribution in [0.25, 0.3) is 0 Å². The van der Waals surface area contributed by atoms with Crippen LogP contribution in [0.3, 0.4) is 0 Å². The predicted octanol–water partition coefficient (Wildman–Crippen LogP) is 2.53. The van der Waals surface area contributed by atoms with Gasteiger partial charge in [0.15, 0.2) is 0 Å². The van der Waals surface area contributed by atoms with Crippen molar-refractivity contribution >= 4 is 29.1 Å². The second-order valence-electron chi connectivity index (χ2n) is 4.86. The minimum atomic E-state index is -0.755. The number of rotatable bonds is 7. The molecule has 1 rings (SSSR count). The van der Waals surface area contributed by atoms with Gasteiger partial charge in [-0.25, -0.2) is 0 Å². The number of halogens is 2. The maximum Gasteiger partial charge on any atom is 0.221 e. The van der Waals surface area contributed by atoms with Gasteiger partial charge in [0, 0.05) is 41.2 Å². The van der Waals surface area contributed by atoms with Gasteiger partial charge in [0.05, 0.1) is 6.10 Å². The molecule has 0 spiro atoms. The number of amides is 1. The molecular formula is C14H20Cl2N2O2. The van der Waals surface area contributed by atoms with E-state index in [2.05, 4.69) is 10.6 Å². The minimum absolute atomic E-state index is 0.0113. The molecule has 0 aliphatic carbocycles. The maximum atomic E-state index is 11.4. The highest BCUT2D eigenvalue weighted by atomic mass is 35.5. The van der Waals surface area contributed by atoms with E-state index in [1.165, 1.54) is 0 Å². The average Bonchev–Trinajstić information content (AvgIpc) is 2.36. The highest BCUT2D eigenvalue weighted by molar-refractivity contribution is 6.33. The van der Waals surface area contributed by atoms with E-state index in [0.717, 1.165) is 0 Å². The van der Waals surface area contributed by atoms with Gasteiger partial charge in [0.1, 0.15) is 0 Å². The van der Waals surface area contributed by atoms with E-state index in [1.807, 2.05) is 13.8 Å². The number of aliphatic hydroxyl groups excluding tert-OH is 1. The molecule has 0 saturated carbocycles. The van der Waals surface area contributed by atoms with Crippen LogP contribution < -0.4 is 10.6 Å². The summed E-state index contributed by atoms with van der Waals surface area (Å²) in [4.78, 5) is 11.4. The standard InChI is InChI=1S/C14H20Cl2N2O2/c1-9(2)18-14(20)5-6-17-8-13(19)11-7-10(15)3-4-12(11)16/h3-4,7,9,13,17,19H,5-6,8H2,1-2H3,(H,18,20).